The second-order valence-corrected chi connectivity index (χ2v) is 10.2. The van der Waals surface area contributed by atoms with Crippen LogP contribution in [0.5, 0.6) is 5.75 Å². The molecule has 212 valence electrons. The van der Waals surface area contributed by atoms with Gasteiger partial charge in [-0.3, -0.25) is 14.4 Å². The number of nitrogens with one attached hydrogen (secondary N) is 3. The van der Waals surface area contributed by atoms with E-state index in [9.17, 15) is 18.8 Å². The number of rotatable bonds is 4. The van der Waals surface area contributed by atoms with Crippen molar-refractivity contribution in [2.45, 2.75) is 64.6 Å². The summed E-state index contributed by atoms with van der Waals surface area (Å²) in [6.07, 6.45) is 2.36. The molecule has 1 unspecified atom stereocenters. The summed E-state index contributed by atoms with van der Waals surface area (Å²) in [4.78, 5) is 41.4. The van der Waals surface area contributed by atoms with E-state index in [1.807, 2.05) is 38.1 Å². The van der Waals surface area contributed by atoms with Crippen molar-refractivity contribution in [3.63, 3.8) is 0 Å². The molecule has 3 N–H and O–H groups in total. The van der Waals surface area contributed by atoms with Crippen LogP contribution < -0.4 is 20.7 Å². The molecule has 0 aromatic heterocycles. The van der Waals surface area contributed by atoms with E-state index >= 15 is 0 Å². The molecule has 0 saturated heterocycles. The van der Waals surface area contributed by atoms with Gasteiger partial charge in [0, 0.05) is 26.6 Å². The summed E-state index contributed by atoms with van der Waals surface area (Å²) in [5.74, 6) is -0.532. The standard InChI is InChI=1S/C30H41FN4O4/c1-5-20(2)27-30(38)35(4)21(3)28(36)34-25(19-22-12-14-24(31)15-13-22)29(37)33-16-8-10-23-9-6-7-11-26(23)39-18-17-32-27/h6-7,9,11-15,20-21,25,27,32H,5,8,10,16-19H2,1-4H3,(H,33,37)(H,34,36)/t20?,21-,25-,27+/m1/s1. The van der Waals surface area contributed by atoms with Gasteiger partial charge in [0.05, 0.1) is 6.04 Å². The SMILES string of the molecule is CCC(C)[C@@H]1NCCOc2ccccc2CCCNC(=O)[C@@H](Cc2ccc(F)cc2)NC(=O)[C@@H](C)N(C)C1=O. The Morgan fingerprint density at radius 3 is 2.49 bits per heavy atom. The Balaban J connectivity index is 1.85. The molecule has 1 aliphatic rings. The van der Waals surface area contributed by atoms with Gasteiger partial charge in [0.15, 0.2) is 0 Å². The van der Waals surface area contributed by atoms with E-state index in [2.05, 4.69) is 16.0 Å². The number of para-hydroxylation sites is 1. The van der Waals surface area contributed by atoms with Crippen LogP contribution in [0.1, 0.15) is 44.7 Å². The van der Waals surface area contributed by atoms with Crippen LogP contribution in [0.4, 0.5) is 4.39 Å². The second kappa shape index (κ2) is 14.6. The molecule has 2 aromatic carbocycles. The summed E-state index contributed by atoms with van der Waals surface area (Å²) in [5.41, 5.74) is 1.75. The molecule has 39 heavy (non-hydrogen) atoms. The lowest BCUT2D eigenvalue weighted by molar-refractivity contribution is -0.141. The number of hydrogen-bond donors (Lipinski definition) is 3. The Bertz CT molecular complexity index is 1110. The number of carbonyl (C=O) groups is 3. The molecule has 2 aromatic rings. The Labute approximate surface area is 230 Å². The molecule has 3 amide bonds. The average Bonchev–Trinajstić information content (AvgIpc) is 2.94. The van der Waals surface area contributed by atoms with Crippen molar-refractivity contribution in [3.05, 3.63) is 65.5 Å². The second-order valence-electron chi connectivity index (χ2n) is 10.2. The Morgan fingerprint density at radius 2 is 1.77 bits per heavy atom. The van der Waals surface area contributed by atoms with Crippen molar-refractivity contribution in [3.8, 4) is 5.75 Å². The fraction of sp³-hybridized carbons (Fsp3) is 0.500. The highest BCUT2D eigenvalue weighted by Gasteiger charge is 2.32. The lowest BCUT2D eigenvalue weighted by Crippen LogP contribution is -2.57. The molecule has 1 aliphatic heterocycles. The monoisotopic (exact) mass is 540 g/mol. The molecular formula is C30H41FN4O4. The minimum Gasteiger partial charge on any atom is -0.492 e. The number of carbonyl (C=O) groups excluding carboxylic acids is 3. The van der Waals surface area contributed by atoms with Crippen molar-refractivity contribution in [1.29, 1.82) is 0 Å². The van der Waals surface area contributed by atoms with Gasteiger partial charge < -0.3 is 25.6 Å². The fourth-order valence-electron chi connectivity index (χ4n) is 4.55. The van der Waals surface area contributed by atoms with Gasteiger partial charge in [-0.1, -0.05) is 50.6 Å². The van der Waals surface area contributed by atoms with Crippen LogP contribution in [-0.2, 0) is 27.2 Å². The third-order valence-corrected chi connectivity index (χ3v) is 7.39. The third-order valence-electron chi connectivity index (χ3n) is 7.39. The van der Waals surface area contributed by atoms with Crippen molar-refractivity contribution < 1.29 is 23.5 Å². The van der Waals surface area contributed by atoms with Gasteiger partial charge in [-0.25, -0.2) is 4.39 Å². The molecule has 0 fully saturated rings. The molecule has 3 rings (SSSR count). The number of aryl methyl sites for hydroxylation is 1. The maximum atomic E-state index is 13.5. The molecule has 9 heteroatoms. The lowest BCUT2D eigenvalue weighted by Gasteiger charge is -2.32. The van der Waals surface area contributed by atoms with Gasteiger partial charge in [0.25, 0.3) is 0 Å². The zero-order valence-electron chi connectivity index (χ0n) is 23.3. The topological polar surface area (TPSA) is 99.8 Å². The zero-order chi connectivity index (χ0) is 28.4. The predicted molar refractivity (Wildman–Crippen MR) is 149 cm³/mol. The summed E-state index contributed by atoms with van der Waals surface area (Å²) in [6, 6.07) is 11.5. The minimum atomic E-state index is -0.882. The number of amides is 3. The third kappa shape index (κ3) is 8.51. The predicted octanol–water partition coefficient (Wildman–Crippen LogP) is 2.85. The van der Waals surface area contributed by atoms with Crippen LogP contribution in [0.3, 0.4) is 0 Å². The van der Waals surface area contributed by atoms with Gasteiger partial charge in [-0.15, -0.1) is 0 Å². The largest absolute Gasteiger partial charge is 0.492 e. The Hall–Kier alpha value is -3.46. The summed E-state index contributed by atoms with van der Waals surface area (Å²) in [5, 5.41) is 9.09. The quantitative estimate of drug-likeness (QED) is 0.554. The highest BCUT2D eigenvalue weighted by molar-refractivity contribution is 5.93. The number of benzene rings is 2. The van der Waals surface area contributed by atoms with Crippen LogP contribution in [0.15, 0.2) is 48.5 Å². The van der Waals surface area contributed by atoms with Gasteiger partial charge in [-0.2, -0.15) is 0 Å². The maximum Gasteiger partial charge on any atom is 0.243 e. The minimum absolute atomic E-state index is 0.0325. The summed E-state index contributed by atoms with van der Waals surface area (Å²) >= 11 is 0. The van der Waals surface area contributed by atoms with Crippen LogP contribution in [0.25, 0.3) is 0 Å². The van der Waals surface area contributed by atoms with Crippen molar-refractivity contribution in [2.24, 2.45) is 5.92 Å². The van der Waals surface area contributed by atoms with E-state index in [4.69, 9.17) is 4.74 Å². The van der Waals surface area contributed by atoms with E-state index < -0.39 is 24.0 Å². The zero-order valence-corrected chi connectivity index (χ0v) is 23.3. The highest BCUT2D eigenvalue weighted by atomic mass is 19.1. The number of likely N-dealkylation sites (N-methyl/N-ethyl adjacent to an activating group) is 1. The van der Waals surface area contributed by atoms with Crippen molar-refractivity contribution in [1.82, 2.24) is 20.9 Å². The van der Waals surface area contributed by atoms with Crippen LogP contribution in [-0.4, -0.2) is 67.5 Å². The van der Waals surface area contributed by atoms with E-state index in [1.165, 1.54) is 17.0 Å². The average molecular weight is 541 g/mol. The number of ether oxygens (including phenoxy) is 1. The summed E-state index contributed by atoms with van der Waals surface area (Å²) < 4.78 is 19.5. The van der Waals surface area contributed by atoms with Crippen molar-refractivity contribution >= 4 is 17.7 Å². The van der Waals surface area contributed by atoms with Crippen LogP contribution in [0, 0.1) is 11.7 Å². The van der Waals surface area contributed by atoms with Gasteiger partial charge >= 0.3 is 0 Å². The molecule has 0 radical (unpaired) electrons. The van der Waals surface area contributed by atoms with E-state index in [-0.39, 0.29) is 30.0 Å². The molecule has 8 nitrogen and oxygen atoms in total. The maximum absolute atomic E-state index is 13.5. The number of halogens is 1. The highest BCUT2D eigenvalue weighted by Crippen LogP contribution is 2.20. The Kier molecular flexibility index (Phi) is 11.3. The number of hydrogen-bond acceptors (Lipinski definition) is 5. The molecule has 1 heterocycles. The first-order valence-corrected chi connectivity index (χ1v) is 13.7. The lowest BCUT2D eigenvalue weighted by atomic mass is 9.97. The Morgan fingerprint density at radius 1 is 1.05 bits per heavy atom. The summed E-state index contributed by atoms with van der Waals surface area (Å²) in [6.45, 7) is 6.94. The van der Waals surface area contributed by atoms with Crippen molar-refractivity contribution in [2.75, 3.05) is 26.7 Å². The van der Waals surface area contributed by atoms with E-state index in [0.717, 1.165) is 17.7 Å². The molecule has 0 spiro atoms. The van der Waals surface area contributed by atoms with E-state index in [1.54, 1.807) is 26.1 Å². The molecule has 4 atom stereocenters. The van der Waals surface area contributed by atoms with Crippen LogP contribution >= 0.6 is 0 Å². The number of fused-ring (bicyclic) bond motifs is 1. The van der Waals surface area contributed by atoms with Gasteiger partial charge in [-0.05, 0) is 55.0 Å². The van der Waals surface area contributed by atoms with Gasteiger partial charge in [0.1, 0.15) is 30.3 Å². The molecule has 0 aliphatic carbocycles. The normalized spacial score (nSPS) is 22.9. The first kappa shape index (κ1) is 30.1. The molecule has 0 saturated carbocycles. The van der Waals surface area contributed by atoms with E-state index in [0.29, 0.717) is 38.1 Å². The molecular weight excluding hydrogens is 499 g/mol. The first-order chi connectivity index (χ1) is 18.7. The first-order valence-electron chi connectivity index (χ1n) is 13.7. The van der Waals surface area contributed by atoms with Crippen LogP contribution in [0.2, 0.25) is 0 Å². The molecule has 0 bridgehead atoms. The van der Waals surface area contributed by atoms with Gasteiger partial charge in [0.2, 0.25) is 17.7 Å². The fourth-order valence-corrected chi connectivity index (χ4v) is 4.55. The summed E-state index contributed by atoms with van der Waals surface area (Å²) in [7, 11) is 1.60. The number of nitrogens with zero attached hydrogens (tertiary/aromatic N) is 1. The smallest absolute Gasteiger partial charge is 0.243 e.